The number of aliphatic hydroxyl groups excluding tert-OH is 1. The molecule has 4 aliphatic carbocycles. The van der Waals surface area contributed by atoms with E-state index in [0.29, 0.717) is 16.7 Å². The minimum Gasteiger partial charge on any atom is -0.411 e. The number of allylic oxidation sites excluding steroid dienone is 1. The fourth-order valence-electron chi connectivity index (χ4n) is 6.52. The maximum Gasteiger partial charge on any atom is 0.0579 e. The molecule has 0 amide bonds. The number of nitrogens with zero attached hydrogens (tertiary/aromatic N) is 1. The van der Waals surface area contributed by atoms with E-state index in [-0.39, 0.29) is 6.10 Å². The Hall–Kier alpha value is -0.830. The van der Waals surface area contributed by atoms with Gasteiger partial charge in [-0.25, -0.2) is 0 Å². The number of oxime groups is 1. The van der Waals surface area contributed by atoms with Gasteiger partial charge in [-0.3, -0.25) is 0 Å². The molecule has 6 atom stereocenters. The summed E-state index contributed by atoms with van der Waals surface area (Å²) in [6, 6.07) is 0. The van der Waals surface area contributed by atoms with Crippen LogP contribution in [-0.2, 0) is 0 Å². The molecule has 3 fully saturated rings. The fraction of sp³-hybridized carbons (Fsp3) is 0.842. The van der Waals surface area contributed by atoms with Gasteiger partial charge in [0.2, 0.25) is 0 Å². The zero-order valence-electron chi connectivity index (χ0n) is 13.9. The van der Waals surface area contributed by atoms with E-state index in [1.54, 1.807) is 0 Å². The summed E-state index contributed by atoms with van der Waals surface area (Å²) < 4.78 is 0. The monoisotopic (exact) mass is 303 g/mol. The summed E-state index contributed by atoms with van der Waals surface area (Å²) in [7, 11) is 0. The average Bonchev–Trinajstić information content (AvgIpc) is 2.85. The van der Waals surface area contributed by atoms with E-state index < -0.39 is 0 Å². The number of fused-ring (bicyclic) bond motifs is 5. The number of aliphatic hydroxyl groups is 1. The van der Waals surface area contributed by atoms with Crippen LogP contribution in [0.25, 0.3) is 0 Å². The summed E-state index contributed by atoms with van der Waals surface area (Å²) in [5, 5.41) is 22.8. The molecule has 0 saturated heterocycles. The lowest BCUT2D eigenvalue weighted by atomic mass is 9.48. The van der Waals surface area contributed by atoms with E-state index in [4.69, 9.17) is 0 Å². The normalized spacial score (nSPS) is 52.7. The smallest absolute Gasteiger partial charge is 0.0579 e. The van der Waals surface area contributed by atoms with Crippen LogP contribution in [0.15, 0.2) is 16.8 Å². The van der Waals surface area contributed by atoms with Crippen LogP contribution in [0.3, 0.4) is 0 Å². The second-order valence-corrected chi connectivity index (χ2v) is 8.90. The van der Waals surface area contributed by atoms with Crippen LogP contribution in [0, 0.1) is 28.6 Å². The van der Waals surface area contributed by atoms with Crippen LogP contribution >= 0.6 is 0 Å². The van der Waals surface area contributed by atoms with E-state index in [0.717, 1.165) is 49.7 Å². The third-order valence-corrected chi connectivity index (χ3v) is 7.80. The van der Waals surface area contributed by atoms with Crippen molar-refractivity contribution in [1.82, 2.24) is 0 Å². The quantitative estimate of drug-likeness (QED) is 0.401. The molecule has 0 heterocycles. The van der Waals surface area contributed by atoms with Gasteiger partial charge in [0, 0.05) is 0 Å². The van der Waals surface area contributed by atoms with Crippen LogP contribution in [0.4, 0.5) is 0 Å². The van der Waals surface area contributed by atoms with Crippen molar-refractivity contribution in [2.45, 2.75) is 71.3 Å². The molecule has 0 aromatic carbocycles. The molecular formula is C19H29NO2. The van der Waals surface area contributed by atoms with Gasteiger partial charge in [0.1, 0.15) is 0 Å². The van der Waals surface area contributed by atoms with Crippen LogP contribution in [0.5, 0.6) is 0 Å². The van der Waals surface area contributed by atoms with Crippen molar-refractivity contribution in [2.24, 2.45) is 33.7 Å². The summed E-state index contributed by atoms with van der Waals surface area (Å²) in [6.45, 7) is 4.87. The van der Waals surface area contributed by atoms with E-state index in [9.17, 15) is 10.3 Å². The lowest BCUT2D eigenvalue weighted by Crippen LogP contribution is -2.49. The van der Waals surface area contributed by atoms with Gasteiger partial charge in [-0.1, -0.05) is 30.7 Å². The second-order valence-electron chi connectivity index (χ2n) is 8.90. The molecule has 0 radical (unpaired) electrons. The molecule has 0 aromatic heterocycles. The molecule has 0 aliphatic heterocycles. The van der Waals surface area contributed by atoms with Gasteiger partial charge in [0.15, 0.2) is 0 Å². The maximum atomic E-state index is 10.0. The molecule has 1 unspecified atom stereocenters. The summed E-state index contributed by atoms with van der Waals surface area (Å²) in [5.41, 5.74) is 3.21. The predicted molar refractivity (Wildman–Crippen MR) is 86.9 cm³/mol. The Labute approximate surface area is 133 Å². The molecule has 22 heavy (non-hydrogen) atoms. The van der Waals surface area contributed by atoms with Gasteiger partial charge in [-0.2, -0.15) is 0 Å². The minimum absolute atomic E-state index is 0.121. The first-order chi connectivity index (χ1) is 10.5. The van der Waals surface area contributed by atoms with Gasteiger partial charge < -0.3 is 10.3 Å². The van der Waals surface area contributed by atoms with Gasteiger partial charge in [-0.15, -0.1) is 0 Å². The van der Waals surface area contributed by atoms with Crippen molar-refractivity contribution in [3.05, 3.63) is 11.6 Å². The standard InChI is InChI=1S/C19H29NO2/c1-18-7-6-16-15(17(18)10-13(11-18)20-22)4-3-12-9-14(21)5-8-19(12,16)2/h3,14-17,21-22H,4-11H2,1-2H3/t14?,15-,16+,17+,18-,19+/m1/s1. The molecule has 0 spiro atoms. The SMILES string of the molecule is C[C@]12CC[C@H]3[C@@H](CC=C4CC(O)CC[C@@]43C)[C@@H]1CC(=NO)C2. The van der Waals surface area contributed by atoms with E-state index in [1.165, 1.54) is 24.8 Å². The van der Waals surface area contributed by atoms with Crippen molar-refractivity contribution >= 4 is 5.71 Å². The first-order valence-electron chi connectivity index (χ1n) is 9.04. The zero-order valence-corrected chi connectivity index (χ0v) is 13.9. The summed E-state index contributed by atoms with van der Waals surface area (Å²) in [4.78, 5) is 0. The third-order valence-electron chi connectivity index (χ3n) is 7.80. The molecule has 4 rings (SSSR count). The molecule has 122 valence electrons. The van der Waals surface area contributed by atoms with Crippen molar-refractivity contribution in [3.8, 4) is 0 Å². The van der Waals surface area contributed by atoms with Gasteiger partial charge in [0.05, 0.1) is 11.8 Å². The summed E-state index contributed by atoms with van der Waals surface area (Å²) >= 11 is 0. The van der Waals surface area contributed by atoms with Crippen LogP contribution in [-0.4, -0.2) is 22.1 Å². The Balaban J connectivity index is 1.68. The van der Waals surface area contributed by atoms with Gasteiger partial charge >= 0.3 is 0 Å². The first-order valence-corrected chi connectivity index (χ1v) is 9.04. The summed E-state index contributed by atoms with van der Waals surface area (Å²) in [5.74, 6) is 2.18. The Morgan fingerprint density at radius 3 is 2.73 bits per heavy atom. The number of rotatable bonds is 0. The lowest BCUT2D eigenvalue weighted by molar-refractivity contribution is -0.0360. The van der Waals surface area contributed by atoms with Gasteiger partial charge in [0.25, 0.3) is 0 Å². The Bertz CT molecular complexity index is 540. The van der Waals surface area contributed by atoms with Crippen molar-refractivity contribution in [3.63, 3.8) is 0 Å². The molecule has 3 saturated carbocycles. The Morgan fingerprint density at radius 2 is 1.95 bits per heavy atom. The molecule has 0 bridgehead atoms. The molecule has 4 aliphatic rings. The number of hydrogen-bond acceptors (Lipinski definition) is 3. The number of hydrogen-bond donors (Lipinski definition) is 2. The average molecular weight is 303 g/mol. The Morgan fingerprint density at radius 1 is 1.14 bits per heavy atom. The topological polar surface area (TPSA) is 52.8 Å². The van der Waals surface area contributed by atoms with Crippen LogP contribution in [0.1, 0.15) is 65.2 Å². The third kappa shape index (κ3) is 1.94. The highest BCUT2D eigenvalue weighted by Crippen LogP contribution is 2.64. The summed E-state index contributed by atoms with van der Waals surface area (Å²) in [6.07, 6.45) is 11.1. The lowest BCUT2D eigenvalue weighted by Gasteiger charge is -2.57. The zero-order chi connectivity index (χ0) is 15.5. The van der Waals surface area contributed by atoms with Gasteiger partial charge in [-0.05, 0) is 80.0 Å². The highest BCUT2D eigenvalue weighted by Gasteiger charge is 2.56. The van der Waals surface area contributed by atoms with Crippen molar-refractivity contribution < 1.29 is 10.3 Å². The van der Waals surface area contributed by atoms with Crippen molar-refractivity contribution in [2.75, 3.05) is 0 Å². The largest absolute Gasteiger partial charge is 0.411 e. The second kappa shape index (κ2) is 4.83. The van der Waals surface area contributed by atoms with E-state index >= 15 is 0 Å². The molecule has 3 heteroatoms. The van der Waals surface area contributed by atoms with Crippen molar-refractivity contribution in [1.29, 1.82) is 0 Å². The van der Waals surface area contributed by atoms with Crippen LogP contribution in [0.2, 0.25) is 0 Å². The molecule has 0 aromatic rings. The molecule has 2 N–H and O–H groups in total. The highest BCUT2D eigenvalue weighted by molar-refractivity contribution is 5.87. The fourth-order valence-corrected chi connectivity index (χ4v) is 6.52. The van der Waals surface area contributed by atoms with E-state index in [1.807, 2.05) is 0 Å². The highest BCUT2D eigenvalue weighted by atomic mass is 16.4. The maximum absolute atomic E-state index is 10.0. The predicted octanol–water partition coefficient (Wildman–Crippen LogP) is 4.14. The molecular weight excluding hydrogens is 274 g/mol. The molecule has 3 nitrogen and oxygen atoms in total. The van der Waals surface area contributed by atoms with E-state index in [2.05, 4.69) is 25.1 Å². The minimum atomic E-state index is -0.121. The Kier molecular flexibility index (Phi) is 3.24. The van der Waals surface area contributed by atoms with Crippen LogP contribution < -0.4 is 0 Å². The first kappa shape index (κ1) is 14.7.